The van der Waals surface area contributed by atoms with E-state index in [1.54, 1.807) is 7.11 Å². The van der Waals surface area contributed by atoms with Crippen LogP contribution in [0.5, 0.6) is 5.75 Å². The van der Waals surface area contributed by atoms with Crippen LogP contribution in [0.3, 0.4) is 0 Å². The Hall–Kier alpha value is -0.840. The summed E-state index contributed by atoms with van der Waals surface area (Å²) in [6, 6.07) is 6.38. The lowest BCUT2D eigenvalue weighted by molar-refractivity contribution is 0.258. The van der Waals surface area contributed by atoms with E-state index < -0.39 is 0 Å². The quantitative estimate of drug-likeness (QED) is 0.786. The van der Waals surface area contributed by atoms with E-state index in [2.05, 4.69) is 4.90 Å². The molecule has 0 atom stereocenters. The van der Waals surface area contributed by atoms with Crippen LogP contribution in [0.15, 0.2) is 18.2 Å². The summed E-state index contributed by atoms with van der Waals surface area (Å²) in [6.07, 6.45) is 3.26. The molecule has 3 nitrogen and oxygen atoms in total. The number of halogens is 1. The first-order valence-corrected chi connectivity index (χ1v) is 7.23. The van der Waals surface area contributed by atoms with Crippen LogP contribution in [0, 0.1) is 0 Å². The van der Waals surface area contributed by atoms with E-state index in [1.807, 2.05) is 18.2 Å². The Morgan fingerprint density at radius 3 is 2.84 bits per heavy atom. The van der Waals surface area contributed by atoms with Gasteiger partial charge in [-0.2, -0.15) is 0 Å². The lowest BCUT2D eigenvalue weighted by Crippen LogP contribution is -2.29. The van der Waals surface area contributed by atoms with Gasteiger partial charge in [0.1, 0.15) is 5.75 Å². The fourth-order valence-corrected chi connectivity index (χ4v) is 2.46. The molecule has 1 aromatic rings. The first-order chi connectivity index (χ1) is 9.10. The SMILES string of the molecule is COc1ccc(Cl)cc1CN(CCC(N)=S)C1CC1. The number of nitrogens with zero attached hydrogens (tertiary/aromatic N) is 1. The number of rotatable bonds is 7. The van der Waals surface area contributed by atoms with Gasteiger partial charge in [0, 0.05) is 36.1 Å². The molecular formula is C14H19ClN2OS. The number of thiocarbonyl (C=S) groups is 1. The van der Waals surface area contributed by atoms with Crippen LogP contribution >= 0.6 is 23.8 Å². The highest BCUT2D eigenvalue weighted by Gasteiger charge is 2.29. The minimum absolute atomic E-state index is 0.573. The van der Waals surface area contributed by atoms with Crippen molar-refractivity contribution in [2.24, 2.45) is 5.73 Å². The van der Waals surface area contributed by atoms with Gasteiger partial charge < -0.3 is 10.5 Å². The molecule has 0 spiro atoms. The third kappa shape index (κ3) is 4.34. The van der Waals surface area contributed by atoms with Crippen LogP contribution < -0.4 is 10.5 Å². The molecule has 2 rings (SSSR count). The molecule has 5 heteroatoms. The molecule has 1 aromatic carbocycles. The molecule has 2 N–H and O–H groups in total. The summed E-state index contributed by atoms with van der Waals surface area (Å²) in [5.74, 6) is 0.880. The minimum Gasteiger partial charge on any atom is -0.496 e. The van der Waals surface area contributed by atoms with Gasteiger partial charge in [0.05, 0.1) is 12.1 Å². The number of methoxy groups -OCH3 is 1. The normalized spacial score (nSPS) is 14.7. The van der Waals surface area contributed by atoms with Crippen molar-refractivity contribution in [2.45, 2.75) is 31.8 Å². The summed E-state index contributed by atoms with van der Waals surface area (Å²) >= 11 is 11.0. The van der Waals surface area contributed by atoms with E-state index in [-0.39, 0.29) is 0 Å². The number of ether oxygens (including phenoxy) is 1. The summed E-state index contributed by atoms with van der Waals surface area (Å²) in [6.45, 7) is 1.73. The van der Waals surface area contributed by atoms with Gasteiger partial charge in [0.2, 0.25) is 0 Å². The van der Waals surface area contributed by atoms with Crippen LogP contribution in [-0.2, 0) is 6.54 Å². The molecule has 1 aliphatic carbocycles. The van der Waals surface area contributed by atoms with Crippen LogP contribution in [0.2, 0.25) is 5.02 Å². The summed E-state index contributed by atoms with van der Waals surface area (Å²) in [7, 11) is 1.68. The van der Waals surface area contributed by atoms with Crippen molar-refractivity contribution in [1.82, 2.24) is 4.90 Å². The molecule has 0 heterocycles. The predicted octanol–water partition coefficient (Wildman–Crippen LogP) is 2.99. The zero-order valence-electron chi connectivity index (χ0n) is 11.1. The maximum absolute atomic E-state index is 6.07. The van der Waals surface area contributed by atoms with Gasteiger partial charge in [-0.25, -0.2) is 0 Å². The molecule has 0 aromatic heterocycles. The van der Waals surface area contributed by atoms with E-state index in [9.17, 15) is 0 Å². The van der Waals surface area contributed by atoms with E-state index in [1.165, 1.54) is 12.8 Å². The summed E-state index contributed by atoms with van der Waals surface area (Å²) in [5.41, 5.74) is 6.71. The maximum atomic E-state index is 6.07. The molecule has 0 amide bonds. The van der Waals surface area contributed by atoms with Crippen molar-refractivity contribution >= 4 is 28.8 Å². The highest BCUT2D eigenvalue weighted by molar-refractivity contribution is 7.80. The number of hydrogen-bond acceptors (Lipinski definition) is 3. The molecule has 0 unspecified atom stereocenters. The van der Waals surface area contributed by atoms with Gasteiger partial charge in [-0.3, -0.25) is 4.90 Å². The molecule has 104 valence electrons. The van der Waals surface area contributed by atoms with Crippen LogP contribution in [-0.4, -0.2) is 29.6 Å². The Morgan fingerprint density at radius 1 is 1.53 bits per heavy atom. The van der Waals surface area contributed by atoms with Crippen molar-refractivity contribution in [3.05, 3.63) is 28.8 Å². The Kier molecular flexibility index (Phi) is 5.02. The van der Waals surface area contributed by atoms with Gasteiger partial charge in [-0.15, -0.1) is 0 Å². The average Bonchev–Trinajstić information content (AvgIpc) is 3.18. The fraction of sp³-hybridized carbons (Fsp3) is 0.500. The van der Waals surface area contributed by atoms with Gasteiger partial charge >= 0.3 is 0 Å². The Morgan fingerprint density at radius 2 is 2.26 bits per heavy atom. The number of nitrogens with two attached hydrogens (primary N) is 1. The molecule has 0 aliphatic heterocycles. The van der Waals surface area contributed by atoms with Crippen molar-refractivity contribution in [2.75, 3.05) is 13.7 Å². The average molecular weight is 299 g/mol. The van der Waals surface area contributed by atoms with Gasteiger partial charge in [0.15, 0.2) is 0 Å². The van der Waals surface area contributed by atoms with Crippen molar-refractivity contribution in [1.29, 1.82) is 0 Å². The summed E-state index contributed by atoms with van der Waals surface area (Å²) in [4.78, 5) is 2.98. The molecule has 0 radical (unpaired) electrons. The topological polar surface area (TPSA) is 38.5 Å². The van der Waals surface area contributed by atoms with E-state index in [0.29, 0.717) is 11.0 Å². The first kappa shape index (κ1) is 14.6. The van der Waals surface area contributed by atoms with Gasteiger partial charge in [-0.1, -0.05) is 23.8 Å². The molecule has 19 heavy (non-hydrogen) atoms. The van der Waals surface area contributed by atoms with Crippen molar-refractivity contribution in [3.8, 4) is 5.75 Å². The highest BCUT2D eigenvalue weighted by Crippen LogP contribution is 2.31. The van der Waals surface area contributed by atoms with Crippen LogP contribution in [0.25, 0.3) is 0 Å². The first-order valence-electron chi connectivity index (χ1n) is 6.45. The minimum atomic E-state index is 0.573. The third-order valence-corrected chi connectivity index (χ3v) is 3.76. The molecule has 1 saturated carbocycles. The molecule has 1 aliphatic rings. The van der Waals surface area contributed by atoms with Crippen molar-refractivity contribution in [3.63, 3.8) is 0 Å². The molecule has 1 fully saturated rings. The largest absolute Gasteiger partial charge is 0.496 e. The molecular weight excluding hydrogens is 280 g/mol. The monoisotopic (exact) mass is 298 g/mol. The Labute approximate surface area is 124 Å². The summed E-state index contributed by atoms with van der Waals surface area (Å²) in [5, 5.41) is 0.737. The Balaban J connectivity index is 2.07. The smallest absolute Gasteiger partial charge is 0.123 e. The molecule has 0 bridgehead atoms. The molecule has 0 saturated heterocycles. The summed E-state index contributed by atoms with van der Waals surface area (Å²) < 4.78 is 5.39. The zero-order chi connectivity index (χ0) is 13.8. The van der Waals surface area contributed by atoms with Crippen LogP contribution in [0.1, 0.15) is 24.8 Å². The number of hydrogen-bond donors (Lipinski definition) is 1. The third-order valence-electron chi connectivity index (χ3n) is 3.32. The van der Waals surface area contributed by atoms with Gasteiger partial charge in [0.25, 0.3) is 0 Å². The van der Waals surface area contributed by atoms with E-state index in [0.717, 1.165) is 35.8 Å². The fourth-order valence-electron chi connectivity index (χ4n) is 2.17. The highest BCUT2D eigenvalue weighted by atomic mass is 35.5. The lowest BCUT2D eigenvalue weighted by Gasteiger charge is -2.23. The van der Waals surface area contributed by atoms with E-state index in [4.69, 9.17) is 34.3 Å². The lowest BCUT2D eigenvalue weighted by atomic mass is 10.1. The Bertz CT molecular complexity index is 463. The second-order valence-electron chi connectivity index (χ2n) is 4.87. The van der Waals surface area contributed by atoms with Crippen molar-refractivity contribution < 1.29 is 4.74 Å². The standard InChI is InChI=1S/C14H19ClN2OS/c1-18-13-5-2-11(15)8-10(13)9-17(12-3-4-12)7-6-14(16)19/h2,5,8,12H,3-4,6-7,9H2,1H3,(H2,16,19). The second kappa shape index (κ2) is 6.55. The van der Waals surface area contributed by atoms with Gasteiger partial charge in [-0.05, 0) is 31.0 Å². The second-order valence-corrected chi connectivity index (χ2v) is 5.83. The zero-order valence-corrected chi connectivity index (χ0v) is 12.6. The number of benzene rings is 1. The predicted molar refractivity (Wildman–Crippen MR) is 82.8 cm³/mol. The maximum Gasteiger partial charge on any atom is 0.123 e. The van der Waals surface area contributed by atoms with E-state index >= 15 is 0 Å². The van der Waals surface area contributed by atoms with Crippen LogP contribution in [0.4, 0.5) is 0 Å².